The van der Waals surface area contributed by atoms with Crippen LogP contribution in [0.3, 0.4) is 0 Å². The summed E-state index contributed by atoms with van der Waals surface area (Å²) in [5.74, 6) is 0.203. The molecule has 8 nitrogen and oxygen atoms in total. The number of nitrogens with one attached hydrogen (secondary N) is 1. The van der Waals surface area contributed by atoms with Crippen LogP contribution < -0.4 is 14.4 Å². The van der Waals surface area contributed by atoms with E-state index in [4.69, 9.17) is 16.3 Å². The molecule has 0 saturated carbocycles. The number of sulfonamides is 1. The van der Waals surface area contributed by atoms with Crippen LogP contribution in [0.2, 0.25) is 5.02 Å². The Morgan fingerprint density at radius 1 is 0.745 bits per heavy atom. The Morgan fingerprint density at radius 2 is 1.31 bits per heavy atom. The molecule has 5 aromatic rings. The maximum Gasteiger partial charge on any atom is 0.264 e. The second-order valence-corrected chi connectivity index (χ2v) is 15.6. The average molecular weight is 724 g/mol. The van der Waals surface area contributed by atoms with Crippen molar-refractivity contribution < 1.29 is 22.7 Å². The summed E-state index contributed by atoms with van der Waals surface area (Å²) in [7, 11) is -4.26. The van der Waals surface area contributed by atoms with Gasteiger partial charge in [0, 0.05) is 23.5 Å². The number of ether oxygens (including phenoxy) is 1. The molecule has 0 aliphatic carbocycles. The summed E-state index contributed by atoms with van der Waals surface area (Å²) in [4.78, 5) is 30.3. The summed E-state index contributed by atoms with van der Waals surface area (Å²) in [6.45, 7) is 6.95. The predicted molar refractivity (Wildman–Crippen MR) is 203 cm³/mol. The highest BCUT2D eigenvalue weighted by molar-refractivity contribution is 7.92. The van der Waals surface area contributed by atoms with Gasteiger partial charge in [-0.05, 0) is 99.5 Å². The summed E-state index contributed by atoms with van der Waals surface area (Å²) in [6.07, 6.45) is 0.207. The smallest absolute Gasteiger partial charge is 0.264 e. The van der Waals surface area contributed by atoms with Crippen LogP contribution in [0.4, 0.5) is 5.69 Å². The number of benzene rings is 5. The van der Waals surface area contributed by atoms with Gasteiger partial charge in [-0.25, -0.2) is 8.42 Å². The van der Waals surface area contributed by atoms with Crippen molar-refractivity contribution in [1.29, 1.82) is 0 Å². The van der Waals surface area contributed by atoms with E-state index in [1.165, 1.54) is 17.0 Å². The molecule has 0 bridgehead atoms. The molecule has 1 N–H and O–H groups in total. The van der Waals surface area contributed by atoms with Gasteiger partial charge in [-0.1, -0.05) is 90.0 Å². The zero-order valence-electron chi connectivity index (χ0n) is 29.1. The third-order valence-corrected chi connectivity index (χ3v) is 10.1. The van der Waals surface area contributed by atoms with Crippen LogP contribution in [0.25, 0.3) is 0 Å². The van der Waals surface area contributed by atoms with E-state index in [9.17, 15) is 18.0 Å². The summed E-state index contributed by atoms with van der Waals surface area (Å²) >= 11 is 6.19. The number of aryl methyl sites for hydroxylation is 1. The zero-order chi connectivity index (χ0) is 36.6. The molecule has 5 rings (SSSR count). The molecule has 1 atom stereocenters. The lowest BCUT2D eigenvalue weighted by Crippen LogP contribution is -2.56. The number of halogens is 1. The highest BCUT2D eigenvalue weighted by Gasteiger charge is 2.35. The van der Waals surface area contributed by atoms with Gasteiger partial charge < -0.3 is 15.0 Å². The Hall–Kier alpha value is -5.12. The van der Waals surface area contributed by atoms with Gasteiger partial charge in [-0.2, -0.15) is 0 Å². The van der Waals surface area contributed by atoms with Crippen LogP contribution in [0.1, 0.15) is 37.5 Å². The van der Waals surface area contributed by atoms with E-state index in [0.29, 0.717) is 16.5 Å². The Morgan fingerprint density at radius 3 is 1.90 bits per heavy atom. The zero-order valence-corrected chi connectivity index (χ0v) is 30.7. The summed E-state index contributed by atoms with van der Waals surface area (Å²) in [5, 5.41) is 3.57. The normalized spacial score (nSPS) is 12.1. The Bertz CT molecular complexity index is 2020. The van der Waals surface area contributed by atoms with Crippen LogP contribution in [-0.4, -0.2) is 43.3 Å². The van der Waals surface area contributed by atoms with Crippen LogP contribution in [0, 0.1) is 6.92 Å². The number of para-hydroxylation sites is 1. The van der Waals surface area contributed by atoms with Gasteiger partial charge in [0.25, 0.3) is 10.0 Å². The van der Waals surface area contributed by atoms with Crippen molar-refractivity contribution in [3.05, 3.63) is 155 Å². The molecule has 0 saturated heterocycles. The summed E-state index contributed by atoms with van der Waals surface area (Å²) in [6, 6.07) is 37.7. The van der Waals surface area contributed by atoms with Gasteiger partial charge in [-0.15, -0.1) is 0 Å². The molecule has 0 unspecified atom stereocenters. The number of amides is 2. The SMILES string of the molecule is Cc1ccc(S(=O)(=O)N(CC(=O)N(Cc2ccc(Cl)cc2)[C@H](Cc2ccccc2)C(=O)NC(C)(C)C)c2ccc(Oc3ccccc3)cc2)cc1. The number of carbonyl (C=O) groups excluding carboxylic acids is 2. The van der Waals surface area contributed by atoms with Crippen molar-refractivity contribution in [2.24, 2.45) is 0 Å². The maximum atomic E-state index is 14.7. The molecule has 0 radical (unpaired) electrons. The lowest BCUT2D eigenvalue weighted by Gasteiger charge is -2.35. The second kappa shape index (κ2) is 16.3. The van der Waals surface area contributed by atoms with Crippen molar-refractivity contribution in [1.82, 2.24) is 10.2 Å². The minimum Gasteiger partial charge on any atom is -0.457 e. The van der Waals surface area contributed by atoms with Gasteiger partial charge in [0.1, 0.15) is 24.1 Å². The van der Waals surface area contributed by atoms with Crippen molar-refractivity contribution in [2.45, 2.75) is 57.1 Å². The average Bonchev–Trinajstić information content (AvgIpc) is 3.10. The largest absolute Gasteiger partial charge is 0.457 e. The number of hydrogen-bond acceptors (Lipinski definition) is 5. The van der Waals surface area contributed by atoms with Gasteiger partial charge in [-0.3, -0.25) is 13.9 Å². The van der Waals surface area contributed by atoms with E-state index in [1.807, 2.05) is 88.4 Å². The number of carbonyl (C=O) groups is 2. The molecule has 10 heteroatoms. The number of hydrogen-bond donors (Lipinski definition) is 1. The van der Waals surface area contributed by atoms with E-state index < -0.39 is 34.1 Å². The fraction of sp³-hybridized carbons (Fsp3) is 0.220. The van der Waals surface area contributed by atoms with Gasteiger partial charge in [0.05, 0.1) is 10.6 Å². The van der Waals surface area contributed by atoms with E-state index in [2.05, 4.69) is 5.32 Å². The third-order valence-electron chi connectivity index (χ3n) is 8.03. The first-order valence-corrected chi connectivity index (χ1v) is 18.4. The Kier molecular flexibility index (Phi) is 11.8. The molecular formula is C41H42ClN3O5S. The van der Waals surface area contributed by atoms with E-state index >= 15 is 0 Å². The minimum absolute atomic E-state index is 0.0288. The molecule has 0 aromatic heterocycles. The molecular weight excluding hydrogens is 682 g/mol. The maximum absolute atomic E-state index is 14.7. The lowest BCUT2D eigenvalue weighted by molar-refractivity contribution is -0.140. The van der Waals surface area contributed by atoms with E-state index in [-0.39, 0.29) is 29.5 Å². The topological polar surface area (TPSA) is 96.0 Å². The Labute approximate surface area is 305 Å². The molecule has 264 valence electrons. The highest BCUT2D eigenvalue weighted by Crippen LogP contribution is 2.29. The van der Waals surface area contributed by atoms with Crippen molar-refractivity contribution in [3.8, 4) is 11.5 Å². The fourth-order valence-electron chi connectivity index (χ4n) is 5.46. The molecule has 0 aliphatic heterocycles. The van der Waals surface area contributed by atoms with Gasteiger partial charge in [0.15, 0.2) is 0 Å². The number of nitrogens with zero attached hydrogens (tertiary/aromatic N) is 2. The van der Waals surface area contributed by atoms with Crippen LogP contribution in [-0.2, 0) is 32.6 Å². The van der Waals surface area contributed by atoms with Crippen molar-refractivity contribution >= 4 is 39.1 Å². The third kappa shape index (κ3) is 10.2. The van der Waals surface area contributed by atoms with Crippen LogP contribution in [0.5, 0.6) is 11.5 Å². The van der Waals surface area contributed by atoms with Crippen LogP contribution in [0.15, 0.2) is 138 Å². The first-order chi connectivity index (χ1) is 24.3. The molecule has 0 aliphatic rings. The lowest BCUT2D eigenvalue weighted by atomic mass is 10.0. The fourth-order valence-corrected chi connectivity index (χ4v) is 7.00. The first kappa shape index (κ1) is 37.1. The van der Waals surface area contributed by atoms with Crippen molar-refractivity contribution in [3.63, 3.8) is 0 Å². The molecule has 0 spiro atoms. The Balaban J connectivity index is 1.57. The number of anilines is 1. The molecule has 0 heterocycles. The number of rotatable bonds is 13. The van der Waals surface area contributed by atoms with E-state index in [0.717, 1.165) is 21.0 Å². The van der Waals surface area contributed by atoms with Gasteiger partial charge in [0.2, 0.25) is 11.8 Å². The first-order valence-electron chi connectivity index (χ1n) is 16.6. The van der Waals surface area contributed by atoms with E-state index in [1.54, 1.807) is 60.7 Å². The monoisotopic (exact) mass is 723 g/mol. The summed E-state index contributed by atoms with van der Waals surface area (Å²) < 4.78 is 35.8. The standard InChI is InChI=1S/C41H42ClN3O5S/c1-30-15-25-37(26-16-30)51(48,49)45(34-21-23-36(24-22-34)50-35-13-9-6-10-14-35)29-39(46)44(28-32-17-19-33(42)20-18-32)38(40(47)43-41(2,3)4)27-31-11-7-5-8-12-31/h5-26,38H,27-29H2,1-4H3,(H,43,47)/t38-/m1/s1. The molecule has 0 fully saturated rings. The summed E-state index contributed by atoms with van der Waals surface area (Å²) in [5.41, 5.74) is 2.13. The predicted octanol–water partition coefficient (Wildman–Crippen LogP) is 8.19. The highest BCUT2D eigenvalue weighted by atomic mass is 35.5. The molecule has 51 heavy (non-hydrogen) atoms. The second-order valence-electron chi connectivity index (χ2n) is 13.3. The minimum atomic E-state index is -4.26. The van der Waals surface area contributed by atoms with Crippen molar-refractivity contribution in [2.75, 3.05) is 10.8 Å². The quantitative estimate of drug-likeness (QED) is 0.132. The van der Waals surface area contributed by atoms with Crippen LogP contribution >= 0.6 is 11.6 Å². The van der Waals surface area contributed by atoms with Gasteiger partial charge >= 0.3 is 0 Å². The molecule has 2 amide bonds. The molecule has 5 aromatic carbocycles.